The van der Waals surface area contributed by atoms with Gasteiger partial charge in [0.1, 0.15) is 24.0 Å². The second-order valence-electron chi connectivity index (χ2n) is 4.87. The van der Waals surface area contributed by atoms with E-state index in [1.807, 2.05) is 31.2 Å². The normalized spacial score (nSPS) is 10.4. The average Bonchev–Trinajstić information content (AvgIpc) is 2.54. The summed E-state index contributed by atoms with van der Waals surface area (Å²) in [5.41, 5.74) is 1.15. The number of hydrogen-bond donors (Lipinski definition) is 1. The molecule has 2 aromatic rings. The minimum absolute atomic E-state index is 0.0188. The average molecular weight is 337 g/mol. The molecule has 6 heteroatoms. The fourth-order valence-corrected chi connectivity index (χ4v) is 2.57. The summed E-state index contributed by atoms with van der Waals surface area (Å²) in [7, 11) is 0. The lowest BCUT2D eigenvalue weighted by atomic mass is 10.2. The van der Waals surface area contributed by atoms with Crippen molar-refractivity contribution in [3.63, 3.8) is 0 Å². The van der Waals surface area contributed by atoms with Crippen molar-refractivity contribution in [1.29, 1.82) is 0 Å². The zero-order valence-corrected chi connectivity index (χ0v) is 13.5. The Morgan fingerprint density at radius 2 is 1.91 bits per heavy atom. The number of halogens is 2. The molecule has 3 nitrogen and oxygen atoms in total. The molecule has 0 spiro atoms. The molecule has 23 heavy (non-hydrogen) atoms. The van der Waals surface area contributed by atoms with Crippen LogP contribution in [0.3, 0.4) is 0 Å². The summed E-state index contributed by atoms with van der Waals surface area (Å²) in [5, 5.41) is 2.67. The van der Waals surface area contributed by atoms with Gasteiger partial charge in [0.25, 0.3) is 0 Å². The summed E-state index contributed by atoms with van der Waals surface area (Å²) < 4.78 is 31.9. The number of carbonyl (C=O) groups is 1. The summed E-state index contributed by atoms with van der Waals surface area (Å²) in [6, 6.07) is 10.8. The van der Waals surface area contributed by atoms with E-state index in [0.717, 1.165) is 41.3 Å². The molecule has 0 atom stereocenters. The maximum absolute atomic E-state index is 13.4. The molecule has 0 unspecified atom stereocenters. The van der Waals surface area contributed by atoms with Gasteiger partial charge in [-0.15, -0.1) is 11.8 Å². The highest BCUT2D eigenvalue weighted by atomic mass is 32.2. The fourth-order valence-electron chi connectivity index (χ4n) is 1.78. The molecule has 2 aromatic carbocycles. The third-order valence-corrected chi connectivity index (χ3v) is 4.00. The zero-order chi connectivity index (χ0) is 16.7. The third kappa shape index (κ3) is 5.90. The summed E-state index contributed by atoms with van der Waals surface area (Å²) in [4.78, 5) is 11.8. The first-order valence-electron chi connectivity index (χ1n) is 7.08. The molecular weight excluding hydrogens is 320 g/mol. The molecule has 1 amide bonds. The van der Waals surface area contributed by atoms with E-state index in [1.54, 1.807) is 0 Å². The lowest BCUT2D eigenvalue weighted by Crippen LogP contribution is -2.29. The van der Waals surface area contributed by atoms with Gasteiger partial charge in [0, 0.05) is 4.90 Å². The quantitative estimate of drug-likeness (QED) is 0.620. The summed E-state index contributed by atoms with van der Waals surface area (Å²) in [6.07, 6.45) is 0. The van der Waals surface area contributed by atoms with E-state index in [9.17, 15) is 13.6 Å². The molecule has 122 valence electrons. The van der Waals surface area contributed by atoms with Gasteiger partial charge >= 0.3 is 0 Å². The van der Waals surface area contributed by atoms with E-state index in [1.165, 1.54) is 0 Å². The molecule has 0 heterocycles. The molecule has 0 aromatic heterocycles. The highest BCUT2D eigenvalue weighted by Crippen LogP contribution is 2.22. The molecule has 0 bridgehead atoms. The number of ether oxygens (including phenoxy) is 1. The molecule has 0 radical (unpaired) electrons. The molecular formula is C17H17F2NO2S. The highest BCUT2D eigenvalue weighted by Gasteiger charge is 2.08. The van der Waals surface area contributed by atoms with E-state index >= 15 is 0 Å². The number of rotatable bonds is 7. The number of carbonyl (C=O) groups excluding carboxylic acids is 1. The first-order valence-corrected chi connectivity index (χ1v) is 8.07. The Hall–Kier alpha value is -2.08. The van der Waals surface area contributed by atoms with Gasteiger partial charge < -0.3 is 10.1 Å². The van der Waals surface area contributed by atoms with Crippen molar-refractivity contribution in [1.82, 2.24) is 5.32 Å². The number of hydrogen-bond acceptors (Lipinski definition) is 3. The smallest absolute Gasteiger partial charge is 0.230 e. The fraction of sp³-hybridized carbons (Fsp3) is 0.235. The molecule has 0 saturated heterocycles. The van der Waals surface area contributed by atoms with Crippen LogP contribution in [0, 0.1) is 18.6 Å². The van der Waals surface area contributed by atoms with Gasteiger partial charge in [-0.05, 0) is 37.3 Å². The minimum Gasteiger partial charge on any atom is -0.492 e. The largest absolute Gasteiger partial charge is 0.492 e. The first kappa shape index (κ1) is 17.3. The zero-order valence-electron chi connectivity index (χ0n) is 12.6. The standard InChI is InChI=1S/C17H17F2NO2S/c1-12-2-5-14(6-3-12)22-9-8-20-17(21)11-23-16-10-13(18)4-7-15(16)19/h2-7,10H,8-9,11H2,1H3,(H,20,21). The van der Waals surface area contributed by atoms with Crippen LogP contribution in [0.15, 0.2) is 47.4 Å². The molecule has 1 N–H and O–H groups in total. The van der Waals surface area contributed by atoms with Crippen molar-refractivity contribution in [2.45, 2.75) is 11.8 Å². The monoisotopic (exact) mass is 337 g/mol. The van der Waals surface area contributed by atoms with Crippen LogP contribution in [-0.4, -0.2) is 24.8 Å². The molecule has 0 saturated carbocycles. The number of thioether (sulfide) groups is 1. The number of amides is 1. The lowest BCUT2D eigenvalue weighted by molar-refractivity contribution is -0.118. The van der Waals surface area contributed by atoms with Gasteiger partial charge in [-0.2, -0.15) is 0 Å². The van der Waals surface area contributed by atoms with Crippen LogP contribution in [-0.2, 0) is 4.79 Å². The summed E-state index contributed by atoms with van der Waals surface area (Å²) in [5.74, 6) is -0.565. The maximum Gasteiger partial charge on any atom is 0.230 e. The van der Waals surface area contributed by atoms with Gasteiger partial charge in [0.2, 0.25) is 5.91 Å². The van der Waals surface area contributed by atoms with Gasteiger partial charge in [-0.3, -0.25) is 4.79 Å². The predicted octanol–water partition coefficient (Wildman–Crippen LogP) is 3.56. The van der Waals surface area contributed by atoms with Crippen molar-refractivity contribution in [3.8, 4) is 5.75 Å². The van der Waals surface area contributed by atoms with E-state index < -0.39 is 11.6 Å². The van der Waals surface area contributed by atoms with E-state index in [2.05, 4.69) is 5.32 Å². The number of nitrogens with one attached hydrogen (secondary N) is 1. The Bertz CT molecular complexity index is 662. The van der Waals surface area contributed by atoms with Crippen LogP contribution in [0.5, 0.6) is 5.75 Å². The molecule has 0 aliphatic heterocycles. The first-order chi connectivity index (χ1) is 11.0. The van der Waals surface area contributed by atoms with E-state index in [-0.39, 0.29) is 16.6 Å². The van der Waals surface area contributed by atoms with Gasteiger partial charge in [-0.1, -0.05) is 17.7 Å². The van der Waals surface area contributed by atoms with E-state index in [4.69, 9.17) is 4.74 Å². The van der Waals surface area contributed by atoms with Gasteiger partial charge in [0.05, 0.1) is 12.3 Å². The van der Waals surface area contributed by atoms with Crippen LogP contribution in [0.2, 0.25) is 0 Å². The summed E-state index contributed by atoms with van der Waals surface area (Å²) >= 11 is 0.957. The molecule has 2 rings (SSSR count). The Labute approximate surface area is 138 Å². The van der Waals surface area contributed by atoms with E-state index in [0.29, 0.717) is 13.2 Å². The van der Waals surface area contributed by atoms with Crippen LogP contribution in [0.1, 0.15) is 5.56 Å². The minimum atomic E-state index is -0.535. The molecule has 0 fully saturated rings. The van der Waals surface area contributed by atoms with Gasteiger partial charge in [0.15, 0.2) is 0 Å². The summed E-state index contributed by atoms with van der Waals surface area (Å²) in [6.45, 7) is 2.68. The Morgan fingerprint density at radius 3 is 2.65 bits per heavy atom. The predicted molar refractivity (Wildman–Crippen MR) is 86.8 cm³/mol. The highest BCUT2D eigenvalue weighted by molar-refractivity contribution is 8.00. The Kier molecular flexibility index (Phi) is 6.40. The second-order valence-corrected chi connectivity index (χ2v) is 5.89. The second kappa shape index (κ2) is 8.53. The molecule has 0 aliphatic rings. The van der Waals surface area contributed by atoms with Crippen molar-refractivity contribution in [2.24, 2.45) is 0 Å². The lowest BCUT2D eigenvalue weighted by Gasteiger charge is -2.08. The maximum atomic E-state index is 13.4. The van der Waals surface area contributed by atoms with Crippen LogP contribution in [0.4, 0.5) is 8.78 Å². The third-order valence-electron chi connectivity index (χ3n) is 2.97. The number of aryl methyl sites for hydroxylation is 1. The van der Waals surface area contributed by atoms with Crippen LogP contribution >= 0.6 is 11.8 Å². The Balaban J connectivity index is 1.67. The number of benzene rings is 2. The topological polar surface area (TPSA) is 38.3 Å². The van der Waals surface area contributed by atoms with Gasteiger partial charge in [-0.25, -0.2) is 8.78 Å². The van der Waals surface area contributed by atoms with Crippen LogP contribution in [0.25, 0.3) is 0 Å². The van der Waals surface area contributed by atoms with Crippen molar-refractivity contribution < 1.29 is 18.3 Å². The SMILES string of the molecule is Cc1ccc(OCCNC(=O)CSc2cc(F)ccc2F)cc1. The van der Waals surface area contributed by atoms with Crippen molar-refractivity contribution in [2.75, 3.05) is 18.9 Å². The van der Waals surface area contributed by atoms with Crippen molar-refractivity contribution in [3.05, 3.63) is 59.7 Å². The van der Waals surface area contributed by atoms with Crippen LogP contribution < -0.4 is 10.1 Å². The Morgan fingerprint density at radius 1 is 1.17 bits per heavy atom. The van der Waals surface area contributed by atoms with Crippen molar-refractivity contribution >= 4 is 17.7 Å². The molecule has 0 aliphatic carbocycles.